The first-order chi connectivity index (χ1) is 12.5. The Hall–Kier alpha value is -2.80. The average Bonchev–Trinajstić information content (AvgIpc) is 3.04. The van der Waals surface area contributed by atoms with Crippen LogP contribution in [0.15, 0.2) is 30.3 Å². The van der Waals surface area contributed by atoms with Crippen LogP contribution >= 0.6 is 0 Å². The van der Waals surface area contributed by atoms with Gasteiger partial charge in [-0.15, -0.1) is 10.2 Å². The number of fused-ring (bicyclic) bond motifs is 2. The van der Waals surface area contributed by atoms with Crippen LogP contribution in [0.5, 0.6) is 0 Å². The third kappa shape index (κ3) is 2.94. The highest BCUT2D eigenvalue weighted by Crippen LogP contribution is 2.21. The van der Waals surface area contributed by atoms with Gasteiger partial charge in [0.1, 0.15) is 0 Å². The van der Waals surface area contributed by atoms with E-state index in [1.54, 1.807) is 4.40 Å². The summed E-state index contributed by atoms with van der Waals surface area (Å²) in [4.78, 5) is 19.3. The second-order valence-corrected chi connectivity index (χ2v) is 6.95. The molecule has 0 radical (unpaired) electrons. The molecule has 0 fully saturated rings. The van der Waals surface area contributed by atoms with Crippen LogP contribution in [-0.2, 0) is 13.0 Å². The zero-order valence-electron chi connectivity index (χ0n) is 15.2. The minimum Gasteiger partial charge on any atom is -0.348 e. The number of nitrogens with one attached hydrogen (secondary N) is 1. The van der Waals surface area contributed by atoms with Crippen molar-refractivity contribution in [2.75, 3.05) is 13.6 Å². The van der Waals surface area contributed by atoms with Gasteiger partial charge < -0.3 is 5.32 Å². The topological polar surface area (TPSA) is 75.4 Å². The van der Waals surface area contributed by atoms with Crippen molar-refractivity contribution in [1.29, 1.82) is 0 Å². The van der Waals surface area contributed by atoms with Gasteiger partial charge in [0.05, 0.1) is 0 Å². The Morgan fingerprint density at radius 2 is 2.00 bits per heavy atom. The fourth-order valence-electron chi connectivity index (χ4n) is 3.61. The van der Waals surface area contributed by atoms with Crippen LogP contribution in [0.3, 0.4) is 0 Å². The van der Waals surface area contributed by atoms with Gasteiger partial charge in [0, 0.05) is 30.5 Å². The quantitative estimate of drug-likeness (QED) is 0.775. The lowest BCUT2D eigenvalue weighted by Crippen LogP contribution is -2.45. The van der Waals surface area contributed by atoms with Crippen molar-refractivity contribution < 1.29 is 4.79 Å². The molecule has 1 aliphatic heterocycles. The Balaban J connectivity index is 1.50. The number of hydrogen-bond donors (Lipinski definition) is 1. The monoisotopic (exact) mass is 350 g/mol. The molecule has 2 aromatic heterocycles. The van der Waals surface area contributed by atoms with Gasteiger partial charge in [-0.1, -0.05) is 24.3 Å². The molecule has 7 nitrogen and oxygen atoms in total. The SMILES string of the molecule is Cc1cc(C)n2c(C(=O)NCC3Cc4ccccc4CN3C)nnc2n1. The van der Waals surface area contributed by atoms with Gasteiger partial charge in [0.2, 0.25) is 5.82 Å². The first kappa shape index (κ1) is 16.7. The van der Waals surface area contributed by atoms with E-state index in [-0.39, 0.29) is 17.8 Å². The van der Waals surface area contributed by atoms with Crippen molar-refractivity contribution in [2.45, 2.75) is 32.9 Å². The van der Waals surface area contributed by atoms with Crippen LogP contribution in [0.2, 0.25) is 0 Å². The Morgan fingerprint density at radius 1 is 1.23 bits per heavy atom. The van der Waals surface area contributed by atoms with Crippen LogP contribution in [0.4, 0.5) is 0 Å². The molecule has 26 heavy (non-hydrogen) atoms. The van der Waals surface area contributed by atoms with E-state index in [1.807, 2.05) is 19.9 Å². The fourth-order valence-corrected chi connectivity index (χ4v) is 3.61. The molecule has 0 bridgehead atoms. The normalized spacial score (nSPS) is 17.3. The van der Waals surface area contributed by atoms with Gasteiger partial charge in [-0.2, -0.15) is 0 Å². The van der Waals surface area contributed by atoms with Crippen molar-refractivity contribution in [1.82, 2.24) is 29.8 Å². The first-order valence-corrected chi connectivity index (χ1v) is 8.77. The average molecular weight is 350 g/mol. The summed E-state index contributed by atoms with van der Waals surface area (Å²) < 4.78 is 1.70. The number of likely N-dealkylation sites (N-methyl/N-ethyl adjacent to an activating group) is 1. The number of benzene rings is 1. The molecule has 3 aromatic rings. The molecule has 3 heterocycles. The lowest BCUT2D eigenvalue weighted by Gasteiger charge is -2.34. The summed E-state index contributed by atoms with van der Waals surface area (Å²) in [6.07, 6.45) is 0.924. The maximum Gasteiger partial charge on any atom is 0.289 e. The van der Waals surface area contributed by atoms with Crippen molar-refractivity contribution in [3.8, 4) is 0 Å². The summed E-state index contributed by atoms with van der Waals surface area (Å²) in [5.74, 6) is 0.513. The fraction of sp³-hybridized carbons (Fsp3) is 0.368. The van der Waals surface area contributed by atoms with Crippen molar-refractivity contribution in [2.24, 2.45) is 0 Å². The molecule has 1 aromatic carbocycles. The first-order valence-electron chi connectivity index (χ1n) is 8.77. The van der Waals surface area contributed by atoms with Crippen molar-refractivity contribution in [3.05, 3.63) is 58.7 Å². The Bertz CT molecular complexity index is 979. The van der Waals surface area contributed by atoms with Crippen LogP contribution < -0.4 is 5.32 Å². The van der Waals surface area contributed by atoms with Gasteiger partial charge in [0.15, 0.2) is 0 Å². The molecule has 7 heteroatoms. The summed E-state index contributed by atoms with van der Waals surface area (Å²) in [6.45, 7) is 5.29. The molecule has 1 N–H and O–H groups in total. The largest absolute Gasteiger partial charge is 0.348 e. The van der Waals surface area contributed by atoms with Gasteiger partial charge >= 0.3 is 0 Å². The Kier molecular flexibility index (Phi) is 4.16. The van der Waals surface area contributed by atoms with E-state index >= 15 is 0 Å². The molecule has 4 rings (SSSR count). The molecule has 1 unspecified atom stereocenters. The molecule has 134 valence electrons. The molecule has 0 saturated heterocycles. The summed E-state index contributed by atoms with van der Waals surface area (Å²) >= 11 is 0. The molecular weight excluding hydrogens is 328 g/mol. The van der Waals surface area contributed by atoms with E-state index in [0.29, 0.717) is 12.3 Å². The smallest absolute Gasteiger partial charge is 0.289 e. The van der Waals surface area contributed by atoms with Crippen LogP contribution in [-0.4, -0.2) is 50.0 Å². The van der Waals surface area contributed by atoms with E-state index in [0.717, 1.165) is 24.4 Å². The number of aryl methyl sites for hydroxylation is 2. The van der Waals surface area contributed by atoms with Crippen LogP contribution in [0.25, 0.3) is 5.78 Å². The van der Waals surface area contributed by atoms with E-state index in [1.165, 1.54) is 11.1 Å². The zero-order valence-corrected chi connectivity index (χ0v) is 15.2. The standard InChI is InChI=1S/C19H22N6O/c1-12-8-13(2)25-17(22-23-19(25)21-12)18(26)20-10-16-9-14-6-4-5-7-15(14)11-24(16)3/h4-8,16H,9-11H2,1-3H3,(H,20,26). The second-order valence-electron chi connectivity index (χ2n) is 6.95. The number of nitrogens with zero attached hydrogens (tertiary/aromatic N) is 5. The third-order valence-electron chi connectivity index (χ3n) is 5.01. The molecule has 1 amide bonds. The Morgan fingerprint density at radius 3 is 2.81 bits per heavy atom. The molecule has 0 spiro atoms. The van der Waals surface area contributed by atoms with Gasteiger partial charge in [-0.3, -0.25) is 14.1 Å². The number of hydrogen-bond acceptors (Lipinski definition) is 5. The van der Waals surface area contributed by atoms with Gasteiger partial charge in [0.25, 0.3) is 11.7 Å². The van der Waals surface area contributed by atoms with Crippen molar-refractivity contribution in [3.63, 3.8) is 0 Å². The molecule has 0 saturated carbocycles. The van der Waals surface area contributed by atoms with E-state index in [9.17, 15) is 4.79 Å². The molecule has 1 aliphatic rings. The van der Waals surface area contributed by atoms with Crippen LogP contribution in [0, 0.1) is 13.8 Å². The maximum absolute atomic E-state index is 12.7. The Labute approximate surface area is 152 Å². The highest BCUT2D eigenvalue weighted by molar-refractivity contribution is 5.91. The minimum atomic E-state index is -0.224. The summed E-state index contributed by atoms with van der Waals surface area (Å²) in [7, 11) is 2.09. The number of carbonyl (C=O) groups is 1. The molecule has 0 aliphatic carbocycles. The minimum absolute atomic E-state index is 0.224. The second kappa shape index (κ2) is 6.49. The maximum atomic E-state index is 12.7. The number of aromatic nitrogens is 4. The zero-order chi connectivity index (χ0) is 18.3. The third-order valence-corrected chi connectivity index (χ3v) is 5.01. The molecular formula is C19H22N6O. The summed E-state index contributed by atoms with van der Waals surface area (Å²) in [5.41, 5.74) is 4.47. The molecule has 1 atom stereocenters. The van der Waals surface area contributed by atoms with Gasteiger partial charge in [-0.25, -0.2) is 4.98 Å². The predicted octanol–water partition coefficient (Wildman–Crippen LogP) is 1.53. The number of rotatable bonds is 3. The van der Waals surface area contributed by atoms with E-state index in [2.05, 4.69) is 56.7 Å². The van der Waals surface area contributed by atoms with Gasteiger partial charge in [-0.05, 0) is 44.5 Å². The van der Waals surface area contributed by atoms with Crippen molar-refractivity contribution >= 4 is 11.7 Å². The van der Waals surface area contributed by atoms with E-state index in [4.69, 9.17) is 0 Å². The highest BCUT2D eigenvalue weighted by atomic mass is 16.2. The lowest BCUT2D eigenvalue weighted by molar-refractivity contribution is 0.0922. The lowest BCUT2D eigenvalue weighted by atomic mass is 9.94. The van der Waals surface area contributed by atoms with E-state index < -0.39 is 0 Å². The number of carbonyl (C=O) groups excluding carboxylic acids is 1. The summed E-state index contributed by atoms with van der Waals surface area (Å²) in [6, 6.07) is 10.7. The highest BCUT2D eigenvalue weighted by Gasteiger charge is 2.24. The predicted molar refractivity (Wildman–Crippen MR) is 98.0 cm³/mol. The van der Waals surface area contributed by atoms with Crippen LogP contribution in [0.1, 0.15) is 33.1 Å². The number of amides is 1. The summed E-state index contributed by atoms with van der Waals surface area (Å²) in [5, 5.41) is 11.1.